The maximum absolute atomic E-state index is 12.9. The van der Waals surface area contributed by atoms with Gasteiger partial charge in [-0.15, -0.1) is 0 Å². The Balaban J connectivity index is 1.73. The van der Waals surface area contributed by atoms with Crippen molar-refractivity contribution in [3.05, 3.63) is 71.8 Å². The van der Waals surface area contributed by atoms with Gasteiger partial charge in [0.05, 0.1) is 6.42 Å². The average Bonchev–Trinajstić information content (AvgIpc) is 3.07. The fraction of sp³-hybridized carbons (Fsp3) is 0.472. The van der Waals surface area contributed by atoms with Gasteiger partial charge in [-0.2, -0.15) is 0 Å². The lowest BCUT2D eigenvalue weighted by Gasteiger charge is -2.22. The monoisotopic (exact) mass is 694 g/mol. The van der Waals surface area contributed by atoms with Gasteiger partial charge in [-0.3, -0.25) is 28.8 Å². The molecule has 6 amide bonds. The molecule has 0 saturated carbocycles. The molecular weight excluding hydrogens is 644 g/mol. The molecule has 0 spiro atoms. The van der Waals surface area contributed by atoms with E-state index in [1.54, 1.807) is 30.3 Å². The first-order valence-electron chi connectivity index (χ1n) is 17.0. The van der Waals surface area contributed by atoms with E-state index in [9.17, 15) is 38.7 Å². The Hall–Kier alpha value is -5.27. The molecule has 2 aromatic rings. The number of hydrogen-bond donors (Lipinski definition) is 7. The van der Waals surface area contributed by atoms with Crippen LogP contribution >= 0.6 is 0 Å². The van der Waals surface area contributed by atoms with Gasteiger partial charge in [0, 0.05) is 25.7 Å². The Bertz CT molecular complexity index is 1420. The highest BCUT2D eigenvalue weighted by molar-refractivity contribution is 5.94. The second-order valence-corrected chi connectivity index (χ2v) is 12.2. The van der Waals surface area contributed by atoms with Crippen molar-refractivity contribution in [2.45, 2.75) is 108 Å². The van der Waals surface area contributed by atoms with E-state index < -0.39 is 66.1 Å². The van der Waals surface area contributed by atoms with Gasteiger partial charge in [0.25, 0.3) is 0 Å². The Labute approximate surface area is 292 Å². The highest BCUT2D eigenvalue weighted by Crippen LogP contribution is 2.10. The summed E-state index contributed by atoms with van der Waals surface area (Å²) in [6.45, 7) is 1.89. The lowest BCUT2D eigenvalue weighted by atomic mass is 10.0. The summed E-state index contributed by atoms with van der Waals surface area (Å²) in [7, 11) is 0. The summed E-state index contributed by atoms with van der Waals surface area (Å²) in [5.74, 6) is -4.82. The summed E-state index contributed by atoms with van der Waals surface area (Å²) in [6.07, 6.45) is 4.20. The average molecular weight is 695 g/mol. The molecule has 2 rings (SSSR count). The van der Waals surface area contributed by atoms with Gasteiger partial charge < -0.3 is 37.8 Å². The minimum atomic E-state index is -1.32. The molecule has 272 valence electrons. The Kier molecular flexibility index (Phi) is 18.3. The molecule has 0 aromatic heterocycles. The van der Waals surface area contributed by atoms with Crippen LogP contribution in [0.25, 0.3) is 0 Å². The predicted octanol–water partition coefficient (Wildman–Crippen LogP) is 1.39. The van der Waals surface area contributed by atoms with E-state index in [4.69, 9.17) is 11.5 Å². The number of benzene rings is 2. The van der Waals surface area contributed by atoms with E-state index in [0.717, 1.165) is 12.0 Å². The first-order valence-corrected chi connectivity index (χ1v) is 17.0. The molecule has 4 atom stereocenters. The zero-order valence-electron chi connectivity index (χ0n) is 28.5. The molecule has 14 heteroatoms. The van der Waals surface area contributed by atoms with Crippen molar-refractivity contribution >= 4 is 41.4 Å². The van der Waals surface area contributed by atoms with Gasteiger partial charge in [-0.25, -0.2) is 4.79 Å². The number of carbonyl (C=O) groups excluding carboxylic acids is 6. The van der Waals surface area contributed by atoms with Gasteiger partial charge in [-0.1, -0.05) is 93.3 Å². The van der Waals surface area contributed by atoms with Crippen LogP contribution in [-0.2, 0) is 46.4 Å². The van der Waals surface area contributed by atoms with Gasteiger partial charge in [0.1, 0.15) is 24.2 Å². The lowest BCUT2D eigenvalue weighted by Crippen LogP contribution is -2.53. The maximum atomic E-state index is 12.9. The Morgan fingerprint density at radius 2 is 1.04 bits per heavy atom. The summed E-state index contributed by atoms with van der Waals surface area (Å²) in [4.78, 5) is 86.3. The smallest absolute Gasteiger partial charge is 0.326 e. The van der Waals surface area contributed by atoms with Crippen LogP contribution in [0.15, 0.2) is 60.7 Å². The normalized spacial score (nSPS) is 13.1. The number of amides is 6. The summed E-state index contributed by atoms with van der Waals surface area (Å²) in [5, 5.41) is 19.9. The molecule has 0 aliphatic carbocycles. The van der Waals surface area contributed by atoms with Gasteiger partial charge >= 0.3 is 5.97 Å². The number of hydrogen-bond acceptors (Lipinski definition) is 7. The van der Waals surface area contributed by atoms with Crippen LogP contribution in [0, 0.1) is 0 Å². The van der Waals surface area contributed by atoms with Crippen molar-refractivity contribution < 1.29 is 38.7 Å². The van der Waals surface area contributed by atoms with Crippen molar-refractivity contribution in [2.75, 3.05) is 0 Å². The fourth-order valence-corrected chi connectivity index (χ4v) is 5.27. The van der Waals surface area contributed by atoms with Crippen molar-refractivity contribution in [2.24, 2.45) is 11.5 Å². The van der Waals surface area contributed by atoms with Crippen molar-refractivity contribution in [3.8, 4) is 0 Å². The molecule has 0 unspecified atom stereocenters. The zero-order chi connectivity index (χ0) is 36.9. The molecule has 0 bridgehead atoms. The van der Waals surface area contributed by atoms with Crippen LogP contribution < -0.4 is 32.7 Å². The van der Waals surface area contributed by atoms with Crippen LogP contribution in [0.3, 0.4) is 0 Å². The molecule has 0 aliphatic rings. The van der Waals surface area contributed by atoms with Gasteiger partial charge in [0.2, 0.25) is 35.4 Å². The van der Waals surface area contributed by atoms with E-state index in [-0.39, 0.29) is 31.6 Å². The first kappa shape index (κ1) is 40.9. The number of unbranched alkanes of at least 4 members (excludes halogenated alkanes) is 4. The second kappa shape index (κ2) is 22.4. The Morgan fingerprint density at radius 3 is 1.50 bits per heavy atom. The van der Waals surface area contributed by atoms with Crippen LogP contribution in [0.1, 0.15) is 82.3 Å². The maximum Gasteiger partial charge on any atom is 0.326 e. The number of nitrogens with two attached hydrogens (primary N) is 2. The highest BCUT2D eigenvalue weighted by Gasteiger charge is 2.28. The molecular formula is C36H50N6O8. The van der Waals surface area contributed by atoms with Crippen LogP contribution in [0.5, 0.6) is 0 Å². The molecule has 0 aliphatic heterocycles. The first-order chi connectivity index (χ1) is 23.9. The molecule has 9 N–H and O–H groups in total. The molecule has 2 aromatic carbocycles. The third-order valence-electron chi connectivity index (χ3n) is 7.93. The molecule has 50 heavy (non-hydrogen) atoms. The standard InChI is InChI=1S/C36H50N6O8/c1-2-14-26(34(47)41-27(33(38)46)21-24-15-8-6-9-16-24)39-31(44)19-12-4-3-5-13-20-32(45)40-28(23-30(37)43)35(48)42-29(36(49)50)22-25-17-10-7-11-18-25/h6-11,15-18,26-29H,2-5,12-14,19-23H2,1H3,(H2,37,43)(H2,38,46)(H,39,44)(H,40,45)(H,41,47)(H,42,48)(H,49,50)/t26-,27-,28-,29-/m0/s1. The number of carbonyl (C=O) groups is 7. The highest BCUT2D eigenvalue weighted by atomic mass is 16.4. The minimum Gasteiger partial charge on any atom is -0.480 e. The van der Waals surface area contributed by atoms with Gasteiger partial charge in [0.15, 0.2) is 0 Å². The molecule has 0 saturated heterocycles. The quantitative estimate of drug-likeness (QED) is 0.0791. The van der Waals surface area contributed by atoms with E-state index in [1.165, 1.54) is 0 Å². The third kappa shape index (κ3) is 16.2. The van der Waals surface area contributed by atoms with Crippen molar-refractivity contribution in [1.82, 2.24) is 21.3 Å². The minimum absolute atomic E-state index is 0.0159. The van der Waals surface area contributed by atoms with Gasteiger partial charge in [-0.05, 0) is 30.4 Å². The number of carboxylic acid groups (broad SMARTS) is 1. The van der Waals surface area contributed by atoms with Crippen LogP contribution in [0.2, 0.25) is 0 Å². The second-order valence-electron chi connectivity index (χ2n) is 12.2. The number of nitrogens with one attached hydrogen (secondary N) is 4. The molecule has 14 nitrogen and oxygen atoms in total. The van der Waals surface area contributed by atoms with E-state index in [2.05, 4.69) is 21.3 Å². The number of rotatable bonds is 24. The van der Waals surface area contributed by atoms with Crippen molar-refractivity contribution in [3.63, 3.8) is 0 Å². The topological polar surface area (TPSA) is 240 Å². The van der Waals surface area contributed by atoms with Crippen LogP contribution in [0.4, 0.5) is 0 Å². The van der Waals surface area contributed by atoms with E-state index in [0.29, 0.717) is 44.1 Å². The number of primary amides is 2. The predicted molar refractivity (Wildman–Crippen MR) is 186 cm³/mol. The molecule has 0 heterocycles. The largest absolute Gasteiger partial charge is 0.480 e. The summed E-state index contributed by atoms with van der Waals surface area (Å²) in [6, 6.07) is 13.6. The molecule has 0 fully saturated rings. The lowest BCUT2D eigenvalue weighted by molar-refractivity contribution is -0.142. The van der Waals surface area contributed by atoms with E-state index >= 15 is 0 Å². The Morgan fingerprint density at radius 1 is 0.600 bits per heavy atom. The third-order valence-corrected chi connectivity index (χ3v) is 7.93. The van der Waals surface area contributed by atoms with Crippen LogP contribution in [-0.4, -0.2) is 70.7 Å². The SMILES string of the molecule is CCC[C@H](NC(=O)CCCCCCCC(=O)N[C@@H](CC(N)=O)C(=O)N[C@@H](Cc1ccccc1)C(=O)O)C(=O)N[C@@H](Cc1ccccc1)C(N)=O. The summed E-state index contributed by atoms with van der Waals surface area (Å²) in [5.41, 5.74) is 12.3. The number of aliphatic carboxylic acids is 1. The summed E-state index contributed by atoms with van der Waals surface area (Å²) < 4.78 is 0. The van der Waals surface area contributed by atoms with E-state index in [1.807, 2.05) is 37.3 Å². The summed E-state index contributed by atoms with van der Waals surface area (Å²) >= 11 is 0. The van der Waals surface area contributed by atoms with Crippen molar-refractivity contribution in [1.29, 1.82) is 0 Å². The zero-order valence-corrected chi connectivity index (χ0v) is 28.5. The fourth-order valence-electron chi connectivity index (χ4n) is 5.27. The number of carboxylic acids is 1. The molecule has 0 radical (unpaired) electrons.